The third-order valence-corrected chi connectivity index (χ3v) is 1.55. The van der Waals surface area contributed by atoms with Crippen molar-refractivity contribution in [2.45, 2.75) is 31.5 Å². The maximum Gasteiger partial charge on any atom is 0.183 e. The predicted octanol–water partition coefficient (Wildman–Crippen LogP) is -2.58. The molecule has 0 rings (SSSR count). The highest BCUT2D eigenvalue weighted by atomic mass is 16.6. The maximum absolute atomic E-state index is 9.01. The lowest BCUT2D eigenvalue weighted by Crippen LogP contribution is -2.40. The van der Waals surface area contributed by atoms with Crippen molar-refractivity contribution in [1.29, 1.82) is 0 Å². The van der Waals surface area contributed by atoms with Crippen molar-refractivity contribution in [2.75, 3.05) is 13.2 Å². The van der Waals surface area contributed by atoms with E-state index in [4.69, 9.17) is 25.5 Å². The Morgan fingerprint density at radius 3 is 1.92 bits per heavy atom. The van der Waals surface area contributed by atoms with Crippen molar-refractivity contribution in [2.24, 2.45) is 0 Å². The topological polar surface area (TPSA) is 110 Å². The van der Waals surface area contributed by atoms with Gasteiger partial charge in [0.05, 0.1) is 19.3 Å². The van der Waals surface area contributed by atoms with E-state index in [0.717, 1.165) is 0 Å². The predicted molar refractivity (Wildman–Crippen MR) is 42.7 cm³/mol. The van der Waals surface area contributed by atoms with Gasteiger partial charge in [0.15, 0.2) is 6.29 Å². The summed E-state index contributed by atoms with van der Waals surface area (Å²) < 4.78 is 4.66. The van der Waals surface area contributed by atoms with Crippen LogP contribution in [0.15, 0.2) is 0 Å². The second-order valence-electron chi connectivity index (χ2n) is 2.74. The summed E-state index contributed by atoms with van der Waals surface area (Å²) >= 11 is 0. The third kappa shape index (κ3) is 4.51. The van der Waals surface area contributed by atoms with Crippen molar-refractivity contribution in [3.8, 4) is 0 Å². The summed E-state index contributed by atoms with van der Waals surface area (Å²) in [6.45, 7) is 0.241. The Hall–Kier alpha value is -0.240. The summed E-state index contributed by atoms with van der Waals surface area (Å²) in [6.07, 6.45) is -4.99. The average molecular weight is 196 g/mol. The molecule has 13 heavy (non-hydrogen) atoms. The molecule has 0 aromatic heterocycles. The minimum absolute atomic E-state index is 0.479. The summed E-state index contributed by atoms with van der Waals surface area (Å²) in [5, 5.41) is 43.9. The molecule has 0 bridgehead atoms. The average Bonchev–Trinajstić information content (AvgIpc) is 2.11. The number of hydrogen-bond donors (Lipinski definition) is 5. The van der Waals surface area contributed by atoms with E-state index in [2.05, 4.69) is 4.74 Å². The van der Waals surface area contributed by atoms with Gasteiger partial charge in [-0.25, -0.2) is 0 Å². The van der Waals surface area contributed by atoms with Crippen molar-refractivity contribution in [1.82, 2.24) is 0 Å². The van der Waals surface area contributed by atoms with E-state index in [0.29, 0.717) is 0 Å². The minimum Gasteiger partial charge on any atom is -0.394 e. The highest BCUT2D eigenvalue weighted by molar-refractivity contribution is 4.66. The summed E-state index contributed by atoms with van der Waals surface area (Å²) in [5.74, 6) is 0. The summed E-state index contributed by atoms with van der Waals surface area (Å²) in [6, 6.07) is 0. The normalized spacial score (nSPS) is 20.8. The van der Waals surface area contributed by atoms with E-state index in [-0.39, 0.29) is 0 Å². The molecule has 6 heteroatoms. The van der Waals surface area contributed by atoms with Gasteiger partial charge < -0.3 is 30.3 Å². The van der Waals surface area contributed by atoms with Gasteiger partial charge in [-0.3, -0.25) is 0 Å². The fraction of sp³-hybridized carbons (Fsp3) is 1.00. The van der Waals surface area contributed by atoms with Crippen LogP contribution in [0.2, 0.25) is 0 Å². The Bertz CT molecular complexity index is 128. The fourth-order valence-corrected chi connectivity index (χ4v) is 0.669. The second-order valence-corrected chi connectivity index (χ2v) is 2.74. The molecule has 6 nitrogen and oxygen atoms in total. The van der Waals surface area contributed by atoms with E-state index >= 15 is 0 Å². The van der Waals surface area contributed by atoms with Gasteiger partial charge in [-0.05, 0) is 6.92 Å². The Balaban J connectivity index is 3.93. The van der Waals surface area contributed by atoms with E-state index in [1.165, 1.54) is 6.92 Å². The molecule has 80 valence electrons. The lowest BCUT2D eigenvalue weighted by molar-refractivity contribution is -0.217. The van der Waals surface area contributed by atoms with Crippen LogP contribution in [0.1, 0.15) is 6.92 Å². The quantitative estimate of drug-likeness (QED) is 0.298. The van der Waals surface area contributed by atoms with Gasteiger partial charge in [0.2, 0.25) is 0 Å². The van der Waals surface area contributed by atoms with Crippen molar-refractivity contribution in [3.05, 3.63) is 0 Å². The highest BCUT2D eigenvalue weighted by Crippen LogP contribution is 2.04. The molecule has 0 spiro atoms. The van der Waals surface area contributed by atoms with Crippen molar-refractivity contribution in [3.63, 3.8) is 0 Å². The Morgan fingerprint density at radius 2 is 1.62 bits per heavy atom. The standard InChI is InChI=1S/C7H16O6/c1-4(10)6(3-9)13-7(12)5(11)2-8/h4-12H,2-3H2,1H3/t4-,5+,6?,7-/m1/s1. The van der Waals surface area contributed by atoms with Gasteiger partial charge in [0.25, 0.3) is 0 Å². The summed E-state index contributed by atoms with van der Waals surface area (Å²) in [4.78, 5) is 0. The molecule has 0 saturated carbocycles. The fourth-order valence-electron chi connectivity index (χ4n) is 0.669. The first-order chi connectivity index (χ1) is 6.02. The molecule has 0 aliphatic carbocycles. The van der Waals surface area contributed by atoms with E-state index in [1.54, 1.807) is 0 Å². The van der Waals surface area contributed by atoms with Crippen LogP contribution in [0.4, 0.5) is 0 Å². The van der Waals surface area contributed by atoms with Crippen LogP contribution in [0.3, 0.4) is 0 Å². The zero-order chi connectivity index (χ0) is 10.4. The SMILES string of the molecule is C[C@@H](O)C(CO)O[C@@H](O)[C@@H](O)CO. The maximum atomic E-state index is 9.01. The Kier molecular flexibility index (Phi) is 6.13. The van der Waals surface area contributed by atoms with Crippen LogP contribution in [0.5, 0.6) is 0 Å². The number of rotatable bonds is 6. The van der Waals surface area contributed by atoms with Crippen molar-refractivity contribution >= 4 is 0 Å². The van der Waals surface area contributed by atoms with Gasteiger partial charge in [-0.1, -0.05) is 0 Å². The van der Waals surface area contributed by atoms with Crippen LogP contribution in [-0.2, 0) is 4.74 Å². The van der Waals surface area contributed by atoms with Gasteiger partial charge in [-0.15, -0.1) is 0 Å². The first-order valence-electron chi connectivity index (χ1n) is 3.94. The van der Waals surface area contributed by atoms with E-state index in [1.807, 2.05) is 0 Å². The summed E-state index contributed by atoms with van der Waals surface area (Å²) in [5.41, 5.74) is 0. The van der Waals surface area contributed by atoms with Gasteiger partial charge in [0.1, 0.15) is 12.2 Å². The molecule has 0 saturated heterocycles. The molecule has 0 amide bonds. The van der Waals surface area contributed by atoms with E-state index in [9.17, 15) is 0 Å². The molecule has 0 fully saturated rings. The number of hydrogen-bond acceptors (Lipinski definition) is 6. The third-order valence-electron chi connectivity index (χ3n) is 1.55. The lowest BCUT2D eigenvalue weighted by Gasteiger charge is -2.24. The monoisotopic (exact) mass is 196 g/mol. The van der Waals surface area contributed by atoms with Crippen molar-refractivity contribution < 1.29 is 30.3 Å². The molecule has 0 aliphatic rings. The zero-order valence-electron chi connectivity index (χ0n) is 7.37. The van der Waals surface area contributed by atoms with Gasteiger partial charge in [-0.2, -0.15) is 0 Å². The number of ether oxygens (including phenoxy) is 1. The molecule has 0 aromatic rings. The molecule has 4 atom stereocenters. The van der Waals surface area contributed by atoms with E-state index < -0.39 is 37.8 Å². The van der Waals surface area contributed by atoms with Crippen LogP contribution in [0, 0.1) is 0 Å². The lowest BCUT2D eigenvalue weighted by atomic mass is 10.2. The highest BCUT2D eigenvalue weighted by Gasteiger charge is 2.23. The second kappa shape index (κ2) is 6.25. The van der Waals surface area contributed by atoms with Gasteiger partial charge in [0, 0.05) is 0 Å². The van der Waals surface area contributed by atoms with Crippen LogP contribution < -0.4 is 0 Å². The molecule has 1 unspecified atom stereocenters. The minimum atomic E-state index is -1.61. The van der Waals surface area contributed by atoms with Crippen LogP contribution >= 0.6 is 0 Å². The molecule has 5 N–H and O–H groups in total. The van der Waals surface area contributed by atoms with Gasteiger partial charge >= 0.3 is 0 Å². The Labute approximate surface area is 76.0 Å². The molecule has 0 aliphatic heterocycles. The molecular formula is C7H16O6. The van der Waals surface area contributed by atoms with Crippen LogP contribution in [-0.4, -0.2) is 63.3 Å². The first kappa shape index (κ1) is 12.8. The zero-order valence-corrected chi connectivity index (χ0v) is 7.37. The number of aliphatic hydroxyl groups excluding tert-OH is 5. The molecular weight excluding hydrogens is 180 g/mol. The Morgan fingerprint density at radius 1 is 1.08 bits per heavy atom. The molecule has 0 radical (unpaired) electrons. The number of aliphatic hydroxyl groups is 5. The first-order valence-corrected chi connectivity index (χ1v) is 3.94. The molecule has 0 heterocycles. The largest absolute Gasteiger partial charge is 0.394 e. The smallest absolute Gasteiger partial charge is 0.183 e. The van der Waals surface area contributed by atoms with Crippen LogP contribution in [0.25, 0.3) is 0 Å². The summed E-state index contributed by atoms with van der Waals surface area (Å²) in [7, 11) is 0. The molecule has 0 aromatic carbocycles.